The van der Waals surface area contributed by atoms with Crippen molar-refractivity contribution in [1.82, 2.24) is 25.4 Å². The van der Waals surface area contributed by atoms with E-state index in [1.807, 2.05) is 12.3 Å². The van der Waals surface area contributed by atoms with Gasteiger partial charge in [0.25, 0.3) is 0 Å². The first kappa shape index (κ1) is 25.0. The maximum atomic E-state index is 12.6. The summed E-state index contributed by atoms with van der Waals surface area (Å²) in [5.74, 6) is 0.893. The van der Waals surface area contributed by atoms with Crippen LogP contribution in [0.25, 0.3) is 0 Å². The number of piperazine rings is 1. The lowest BCUT2D eigenvalue weighted by atomic mass is 9.96. The van der Waals surface area contributed by atoms with Crippen LogP contribution in [0.15, 0.2) is 85.2 Å². The predicted octanol–water partition coefficient (Wildman–Crippen LogP) is 3.70. The number of amides is 1. The zero-order valence-corrected chi connectivity index (χ0v) is 21.4. The molecule has 2 N–H and O–H groups in total. The average molecular weight is 502 g/mol. The smallest absolute Gasteiger partial charge is 0.238 e. The molecule has 0 radical (unpaired) electrons. The minimum absolute atomic E-state index is 0.104. The molecule has 5 rings (SSSR count). The molecule has 0 spiro atoms. The zero-order chi connectivity index (χ0) is 24.6. The van der Waals surface area contributed by atoms with Gasteiger partial charge in [0, 0.05) is 50.9 Å². The van der Waals surface area contributed by atoms with E-state index in [-0.39, 0.29) is 17.3 Å². The van der Waals surface area contributed by atoms with Crippen LogP contribution in [0.5, 0.6) is 0 Å². The predicted molar refractivity (Wildman–Crippen MR) is 147 cm³/mol. The molecule has 0 aliphatic carbocycles. The topological polar surface area (TPSA) is 60.5 Å². The Hall–Kier alpha value is -2.71. The Bertz CT molecular complexity index is 1040. The molecule has 0 saturated carbocycles. The van der Waals surface area contributed by atoms with Gasteiger partial charge in [-0.15, -0.1) is 11.8 Å². The van der Waals surface area contributed by atoms with Crippen LogP contribution >= 0.6 is 11.8 Å². The number of hydrogen-bond donors (Lipinski definition) is 2. The molecular weight excluding hydrogens is 466 g/mol. The molecule has 1 amide bonds. The summed E-state index contributed by atoms with van der Waals surface area (Å²) in [6, 6.07) is 25.8. The molecule has 1 unspecified atom stereocenters. The van der Waals surface area contributed by atoms with Crippen molar-refractivity contribution in [2.45, 2.75) is 23.9 Å². The Morgan fingerprint density at radius 1 is 0.972 bits per heavy atom. The summed E-state index contributed by atoms with van der Waals surface area (Å²) < 4.78 is 0. The van der Waals surface area contributed by atoms with Crippen molar-refractivity contribution in [2.75, 3.05) is 45.0 Å². The van der Waals surface area contributed by atoms with E-state index >= 15 is 0 Å². The minimum atomic E-state index is -0.142. The van der Waals surface area contributed by atoms with Crippen LogP contribution in [0.3, 0.4) is 0 Å². The van der Waals surface area contributed by atoms with E-state index in [9.17, 15) is 4.79 Å². The van der Waals surface area contributed by atoms with Crippen LogP contribution in [0.1, 0.15) is 34.5 Å². The first-order chi connectivity index (χ1) is 17.8. The third kappa shape index (κ3) is 6.34. The summed E-state index contributed by atoms with van der Waals surface area (Å²) in [7, 11) is 0. The van der Waals surface area contributed by atoms with Gasteiger partial charge in [-0.1, -0.05) is 66.7 Å². The van der Waals surface area contributed by atoms with Gasteiger partial charge in [0.2, 0.25) is 5.91 Å². The maximum absolute atomic E-state index is 12.6. The fourth-order valence-corrected chi connectivity index (χ4v) is 6.34. The molecule has 1 aromatic heterocycles. The van der Waals surface area contributed by atoms with E-state index in [2.05, 4.69) is 92.1 Å². The third-order valence-electron chi connectivity index (χ3n) is 7.04. The van der Waals surface area contributed by atoms with Crippen LogP contribution in [0.4, 0.5) is 0 Å². The molecule has 3 heterocycles. The molecule has 2 saturated heterocycles. The molecule has 2 fully saturated rings. The third-order valence-corrected chi connectivity index (χ3v) is 8.31. The first-order valence-electron chi connectivity index (χ1n) is 12.9. The van der Waals surface area contributed by atoms with Gasteiger partial charge >= 0.3 is 0 Å². The number of aromatic nitrogens is 1. The van der Waals surface area contributed by atoms with E-state index in [4.69, 9.17) is 0 Å². The van der Waals surface area contributed by atoms with E-state index in [0.29, 0.717) is 6.04 Å². The van der Waals surface area contributed by atoms with Crippen LogP contribution in [0, 0.1) is 0 Å². The summed E-state index contributed by atoms with van der Waals surface area (Å²) in [6.45, 7) is 5.92. The number of nitrogens with one attached hydrogen (secondary N) is 2. The van der Waals surface area contributed by atoms with E-state index in [1.54, 1.807) is 18.0 Å². The van der Waals surface area contributed by atoms with Crippen molar-refractivity contribution in [3.8, 4) is 0 Å². The van der Waals surface area contributed by atoms with Gasteiger partial charge in [-0.2, -0.15) is 0 Å². The van der Waals surface area contributed by atoms with E-state index in [0.717, 1.165) is 57.0 Å². The molecule has 2 aromatic carbocycles. The first-order valence-corrected chi connectivity index (χ1v) is 13.9. The van der Waals surface area contributed by atoms with E-state index < -0.39 is 0 Å². The number of rotatable bonds is 9. The van der Waals surface area contributed by atoms with Gasteiger partial charge in [-0.05, 0) is 35.7 Å². The van der Waals surface area contributed by atoms with Crippen LogP contribution in [-0.4, -0.2) is 71.8 Å². The SMILES string of the molecule is O=C(NCCCN1CCN(C(c2ccccc2)c2ccccc2)CC1)[C@@H]1CSC(c2cccnc2)N1. The fourth-order valence-electron chi connectivity index (χ4n) is 5.11. The average Bonchev–Trinajstić information content (AvgIpc) is 3.44. The van der Waals surface area contributed by atoms with Crippen LogP contribution < -0.4 is 10.6 Å². The van der Waals surface area contributed by atoms with Crippen molar-refractivity contribution < 1.29 is 4.79 Å². The molecular formula is C29H35N5OS. The van der Waals surface area contributed by atoms with Gasteiger partial charge in [0.05, 0.1) is 17.5 Å². The zero-order valence-electron chi connectivity index (χ0n) is 20.6. The summed E-state index contributed by atoms with van der Waals surface area (Å²) in [5.41, 5.74) is 3.83. The van der Waals surface area contributed by atoms with Gasteiger partial charge in [-0.3, -0.25) is 20.0 Å². The van der Waals surface area contributed by atoms with Crippen LogP contribution in [-0.2, 0) is 4.79 Å². The van der Waals surface area contributed by atoms with Crippen molar-refractivity contribution in [3.05, 3.63) is 102 Å². The Morgan fingerprint density at radius 2 is 1.67 bits per heavy atom. The Labute approximate surface area is 218 Å². The molecule has 3 aromatic rings. The van der Waals surface area contributed by atoms with Gasteiger partial charge < -0.3 is 10.2 Å². The van der Waals surface area contributed by atoms with Gasteiger partial charge in [0.15, 0.2) is 0 Å². The normalized spacial score (nSPS) is 21.0. The number of hydrogen-bond acceptors (Lipinski definition) is 6. The second kappa shape index (κ2) is 12.5. The molecule has 2 aliphatic heterocycles. The second-order valence-corrected chi connectivity index (χ2v) is 10.6. The quantitative estimate of drug-likeness (QED) is 0.436. The van der Waals surface area contributed by atoms with Crippen molar-refractivity contribution in [3.63, 3.8) is 0 Å². The molecule has 6 nitrogen and oxygen atoms in total. The largest absolute Gasteiger partial charge is 0.355 e. The molecule has 7 heteroatoms. The molecule has 188 valence electrons. The van der Waals surface area contributed by atoms with Gasteiger partial charge in [-0.25, -0.2) is 0 Å². The Balaban J connectivity index is 1.05. The minimum Gasteiger partial charge on any atom is -0.355 e. The lowest BCUT2D eigenvalue weighted by Crippen LogP contribution is -2.48. The summed E-state index contributed by atoms with van der Waals surface area (Å²) >= 11 is 1.77. The van der Waals surface area contributed by atoms with E-state index in [1.165, 1.54) is 11.1 Å². The van der Waals surface area contributed by atoms with Crippen LogP contribution in [0.2, 0.25) is 0 Å². The number of pyridine rings is 1. The lowest BCUT2D eigenvalue weighted by molar-refractivity contribution is -0.122. The molecule has 2 aliphatic rings. The van der Waals surface area contributed by atoms with Crippen molar-refractivity contribution in [1.29, 1.82) is 0 Å². The molecule has 0 bridgehead atoms. The Kier molecular flexibility index (Phi) is 8.67. The summed E-state index contributed by atoms with van der Waals surface area (Å²) in [4.78, 5) is 22.0. The maximum Gasteiger partial charge on any atom is 0.238 e. The lowest BCUT2D eigenvalue weighted by Gasteiger charge is -2.39. The number of carbonyl (C=O) groups is 1. The molecule has 2 atom stereocenters. The Morgan fingerprint density at radius 3 is 2.31 bits per heavy atom. The highest BCUT2D eigenvalue weighted by molar-refractivity contribution is 7.99. The highest BCUT2D eigenvalue weighted by atomic mass is 32.2. The second-order valence-electron chi connectivity index (χ2n) is 9.47. The summed E-state index contributed by atoms with van der Waals surface area (Å²) in [5, 5.41) is 6.71. The molecule has 36 heavy (non-hydrogen) atoms. The summed E-state index contributed by atoms with van der Waals surface area (Å²) in [6.07, 6.45) is 4.61. The number of nitrogens with zero attached hydrogens (tertiary/aromatic N) is 3. The monoisotopic (exact) mass is 501 g/mol. The highest BCUT2D eigenvalue weighted by Gasteiger charge is 2.30. The number of carbonyl (C=O) groups excluding carboxylic acids is 1. The highest BCUT2D eigenvalue weighted by Crippen LogP contribution is 2.32. The standard InChI is InChI=1S/C29H35N5OS/c35-28(26-22-36-29(32-26)25-13-7-14-30-21-25)31-15-8-16-33-17-19-34(20-18-33)27(23-9-3-1-4-10-23)24-11-5-2-6-12-24/h1-7,9-14,21,26-27,29,32H,8,15-20,22H2,(H,31,35)/t26-,29?/m0/s1. The number of thioether (sulfide) groups is 1. The fraction of sp³-hybridized carbons (Fsp3) is 0.379. The number of benzene rings is 2. The van der Waals surface area contributed by atoms with Crippen molar-refractivity contribution >= 4 is 17.7 Å². The van der Waals surface area contributed by atoms with Crippen molar-refractivity contribution in [2.24, 2.45) is 0 Å². The van der Waals surface area contributed by atoms with Gasteiger partial charge in [0.1, 0.15) is 0 Å².